The Kier molecular flexibility index (Phi) is 4.55. The lowest BCUT2D eigenvalue weighted by atomic mass is 10.1. The summed E-state index contributed by atoms with van der Waals surface area (Å²) in [5, 5.41) is 0.961. The predicted octanol–water partition coefficient (Wildman–Crippen LogP) is 3.03. The highest BCUT2D eigenvalue weighted by molar-refractivity contribution is 7.89. The van der Waals surface area contributed by atoms with Crippen molar-refractivity contribution in [1.29, 1.82) is 0 Å². The Bertz CT molecular complexity index is 986. The molecule has 0 aliphatic heterocycles. The monoisotopic (exact) mass is 348 g/mol. The van der Waals surface area contributed by atoms with Crippen LogP contribution in [0.1, 0.15) is 5.56 Å². The number of rotatable bonds is 5. The largest absolute Gasteiger partial charge is 0.256 e. The van der Waals surface area contributed by atoms with Crippen LogP contribution < -0.4 is 4.72 Å². The maximum absolute atomic E-state index is 13.6. The first-order valence-electron chi connectivity index (χ1n) is 7.25. The SMILES string of the molecule is O=S(=O)(NCCc1cccc2cccnc12)c1ccc(F)cc1F. The van der Waals surface area contributed by atoms with Crippen molar-refractivity contribution in [1.82, 2.24) is 9.71 Å². The van der Waals surface area contributed by atoms with Gasteiger partial charge >= 0.3 is 0 Å². The average Bonchev–Trinajstić information content (AvgIpc) is 2.54. The minimum atomic E-state index is -4.04. The molecule has 0 aliphatic carbocycles. The van der Waals surface area contributed by atoms with Gasteiger partial charge in [-0.15, -0.1) is 0 Å². The Labute approximate surface area is 138 Å². The molecule has 0 atom stereocenters. The zero-order valence-electron chi connectivity index (χ0n) is 12.5. The third-order valence-corrected chi connectivity index (χ3v) is 5.08. The Hall–Kier alpha value is -2.38. The summed E-state index contributed by atoms with van der Waals surface area (Å²) in [7, 11) is -4.04. The predicted molar refractivity (Wildman–Crippen MR) is 87.0 cm³/mol. The molecule has 1 N–H and O–H groups in total. The maximum atomic E-state index is 13.6. The molecule has 0 amide bonds. The lowest BCUT2D eigenvalue weighted by Gasteiger charge is -2.09. The Morgan fingerprint density at radius 2 is 1.83 bits per heavy atom. The summed E-state index contributed by atoms with van der Waals surface area (Å²) in [5.74, 6) is -1.94. The number of nitrogens with one attached hydrogen (secondary N) is 1. The van der Waals surface area contributed by atoms with Crippen molar-refractivity contribution in [2.24, 2.45) is 0 Å². The molecule has 24 heavy (non-hydrogen) atoms. The number of para-hydroxylation sites is 1. The number of hydrogen-bond acceptors (Lipinski definition) is 3. The number of hydrogen-bond donors (Lipinski definition) is 1. The Morgan fingerprint density at radius 1 is 1.04 bits per heavy atom. The molecule has 7 heteroatoms. The van der Waals surface area contributed by atoms with E-state index >= 15 is 0 Å². The van der Waals surface area contributed by atoms with E-state index in [4.69, 9.17) is 0 Å². The van der Waals surface area contributed by atoms with E-state index in [0.717, 1.165) is 28.6 Å². The topological polar surface area (TPSA) is 59.1 Å². The molecular formula is C17H14F2N2O2S. The number of aromatic nitrogens is 1. The van der Waals surface area contributed by atoms with Crippen LogP contribution in [0.3, 0.4) is 0 Å². The molecule has 0 saturated heterocycles. The normalized spacial score (nSPS) is 11.8. The lowest BCUT2D eigenvalue weighted by molar-refractivity contribution is 0.543. The van der Waals surface area contributed by atoms with Gasteiger partial charge in [0.05, 0.1) is 5.52 Å². The van der Waals surface area contributed by atoms with Gasteiger partial charge < -0.3 is 0 Å². The summed E-state index contributed by atoms with van der Waals surface area (Å²) in [5.41, 5.74) is 1.68. The van der Waals surface area contributed by atoms with Gasteiger partial charge in [0.1, 0.15) is 16.5 Å². The molecular weight excluding hydrogens is 334 g/mol. The highest BCUT2D eigenvalue weighted by Crippen LogP contribution is 2.17. The van der Waals surface area contributed by atoms with Crippen molar-refractivity contribution in [2.45, 2.75) is 11.3 Å². The van der Waals surface area contributed by atoms with E-state index in [1.807, 2.05) is 30.3 Å². The van der Waals surface area contributed by atoms with Crippen molar-refractivity contribution in [2.75, 3.05) is 6.54 Å². The van der Waals surface area contributed by atoms with Crippen LogP contribution in [0.5, 0.6) is 0 Å². The third-order valence-electron chi connectivity index (χ3n) is 3.59. The first-order valence-corrected chi connectivity index (χ1v) is 8.73. The molecule has 1 aromatic heterocycles. The molecule has 0 bridgehead atoms. The van der Waals surface area contributed by atoms with Crippen LogP contribution in [0, 0.1) is 11.6 Å². The molecule has 3 rings (SSSR count). The number of sulfonamides is 1. The summed E-state index contributed by atoms with van der Waals surface area (Å²) in [6.07, 6.45) is 2.07. The van der Waals surface area contributed by atoms with E-state index < -0.39 is 26.6 Å². The van der Waals surface area contributed by atoms with Gasteiger partial charge in [0.25, 0.3) is 0 Å². The number of benzene rings is 2. The van der Waals surface area contributed by atoms with Gasteiger partial charge in [-0.2, -0.15) is 0 Å². The second-order valence-corrected chi connectivity index (χ2v) is 6.95. The fourth-order valence-corrected chi connectivity index (χ4v) is 3.55. The Balaban J connectivity index is 1.75. The summed E-state index contributed by atoms with van der Waals surface area (Å²) >= 11 is 0. The molecule has 124 valence electrons. The van der Waals surface area contributed by atoms with Crippen LogP contribution in [-0.4, -0.2) is 19.9 Å². The van der Waals surface area contributed by atoms with Crippen molar-refractivity contribution in [3.05, 3.63) is 71.9 Å². The maximum Gasteiger partial charge on any atom is 0.243 e. The minimum absolute atomic E-state index is 0.0782. The molecule has 1 heterocycles. The Morgan fingerprint density at radius 3 is 2.62 bits per heavy atom. The van der Waals surface area contributed by atoms with Crippen LogP contribution in [0.2, 0.25) is 0 Å². The van der Waals surface area contributed by atoms with Crippen LogP contribution in [-0.2, 0) is 16.4 Å². The van der Waals surface area contributed by atoms with Gasteiger partial charge in [-0.05, 0) is 30.2 Å². The van der Waals surface area contributed by atoms with Crippen LogP contribution >= 0.6 is 0 Å². The second kappa shape index (κ2) is 6.62. The molecule has 4 nitrogen and oxygen atoms in total. The number of pyridine rings is 1. The summed E-state index contributed by atoms with van der Waals surface area (Å²) in [6, 6.07) is 11.8. The van der Waals surface area contributed by atoms with Gasteiger partial charge in [0, 0.05) is 24.2 Å². The van der Waals surface area contributed by atoms with Gasteiger partial charge in [-0.1, -0.05) is 24.3 Å². The summed E-state index contributed by atoms with van der Waals surface area (Å²) in [4.78, 5) is 3.73. The van der Waals surface area contributed by atoms with E-state index in [2.05, 4.69) is 9.71 Å². The highest BCUT2D eigenvalue weighted by atomic mass is 32.2. The molecule has 0 saturated carbocycles. The minimum Gasteiger partial charge on any atom is -0.256 e. The molecule has 0 unspecified atom stereocenters. The molecule has 0 radical (unpaired) electrons. The molecule has 0 spiro atoms. The third kappa shape index (κ3) is 3.42. The number of halogens is 2. The fraction of sp³-hybridized carbons (Fsp3) is 0.118. The van der Waals surface area contributed by atoms with E-state index in [9.17, 15) is 17.2 Å². The summed E-state index contributed by atoms with van der Waals surface area (Å²) in [6.45, 7) is 0.0782. The lowest BCUT2D eigenvalue weighted by Crippen LogP contribution is -2.27. The molecule has 0 aliphatic rings. The molecule has 0 fully saturated rings. The van der Waals surface area contributed by atoms with Crippen molar-refractivity contribution in [3.63, 3.8) is 0 Å². The second-order valence-electron chi connectivity index (χ2n) is 5.21. The van der Waals surface area contributed by atoms with Gasteiger partial charge in [-0.3, -0.25) is 4.98 Å². The van der Waals surface area contributed by atoms with E-state index in [0.29, 0.717) is 12.5 Å². The van der Waals surface area contributed by atoms with Gasteiger partial charge in [0.2, 0.25) is 10.0 Å². The van der Waals surface area contributed by atoms with Crippen molar-refractivity contribution < 1.29 is 17.2 Å². The van der Waals surface area contributed by atoms with Crippen LogP contribution in [0.15, 0.2) is 59.6 Å². The van der Waals surface area contributed by atoms with E-state index in [1.165, 1.54) is 0 Å². The average molecular weight is 348 g/mol. The summed E-state index contributed by atoms with van der Waals surface area (Å²) < 4.78 is 53.1. The standard InChI is InChI=1S/C17H14F2N2O2S/c18-14-6-7-16(15(19)11-14)24(22,23)21-10-8-13-4-1-3-12-5-2-9-20-17(12)13/h1-7,9,11,21H,8,10H2. The first-order chi connectivity index (χ1) is 11.5. The van der Waals surface area contributed by atoms with Crippen LogP contribution in [0.25, 0.3) is 10.9 Å². The van der Waals surface area contributed by atoms with Gasteiger partial charge in [-0.25, -0.2) is 21.9 Å². The molecule has 2 aromatic carbocycles. The fourth-order valence-electron chi connectivity index (χ4n) is 2.46. The van der Waals surface area contributed by atoms with E-state index in [1.54, 1.807) is 6.20 Å². The van der Waals surface area contributed by atoms with Crippen molar-refractivity contribution in [3.8, 4) is 0 Å². The quantitative estimate of drug-likeness (QED) is 0.771. The van der Waals surface area contributed by atoms with Crippen LogP contribution in [0.4, 0.5) is 8.78 Å². The van der Waals surface area contributed by atoms with Crippen molar-refractivity contribution >= 4 is 20.9 Å². The van der Waals surface area contributed by atoms with E-state index in [-0.39, 0.29) is 6.54 Å². The number of nitrogens with zero attached hydrogens (tertiary/aromatic N) is 1. The zero-order chi connectivity index (χ0) is 17.2. The molecule has 3 aromatic rings. The first kappa shape index (κ1) is 16.5. The number of fused-ring (bicyclic) bond motifs is 1. The van der Waals surface area contributed by atoms with Gasteiger partial charge in [0.15, 0.2) is 0 Å². The highest BCUT2D eigenvalue weighted by Gasteiger charge is 2.19. The smallest absolute Gasteiger partial charge is 0.243 e. The zero-order valence-corrected chi connectivity index (χ0v) is 13.4.